The molecule has 4 rings (SSSR count). The number of aromatic nitrogens is 1. The summed E-state index contributed by atoms with van der Waals surface area (Å²) < 4.78 is 62.2. The molecule has 0 spiro atoms. The predicted octanol–water partition coefficient (Wildman–Crippen LogP) is 4.65. The summed E-state index contributed by atoms with van der Waals surface area (Å²) in [7, 11) is 0. The van der Waals surface area contributed by atoms with Crippen LogP contribution in [0.2, 0.25) is 0 Å². The zero-order valence-corrected chi connectivity index (χ0v) is 9.66. The minimum Gasteiger partial charge on any atom is -0.436 e. The van der Waals surface area contributed by atoms with Gasteiger partial charge in [0.2, 0.25) is 5.89 Å². The third-order valence-corrected chi connectivity index (χ3v) is 2.76. The van der Waals surface area contributed by atoms with Gasteiger partial charge in [0.05, 0.1) is 9.60 Å². The number of hydrogen-bond donors (Lipinski definition) is 0. The lowest BCUT2D eigenvalue weighted by atomic mass is 10.1. The molecule has 0 unspecified atom stereocenters. The predicted molar refractivity (Wildman–Crippen MR) is 77.0 cm³/mol. The van der Waals surface area contributed by atoms with E-state index < -0.39 is 24.2 Å². The van der Waals surface area contributed by atoms with Gasteiger partial charge in [0, 0.05) is 5.56 Å². The molecule has 0 amide bonds. The minimum atomic E-state index is -0.496. The maximum atomic E-state index is 8.44. The average Bonchev–Trinajstić information content (AvgIpc) is 3.04. The molecule has 19 heavy (non-hydrogen) atoms. The third kappa shape index (κ3) is 1.69. The Bertz CT molecular complexity index is 1180. The van der Waals surface area contributed by atoms with E-state index in [1.807, 2.05) is 0 Å². The summed E-state index contributed by atoms with van der Waals surface area (Å²) in [5, 5.41) is -0.264. The van der Waals surface area contributed by atoms with Crippen molar-refractivity contribution in [2.45, 2.75) is 0 Å². The first-order chi connectivity index (χ1) is 12.3. The van der Waals surface area contributed by atoms with Crippen molar-refractivity contribution in [3.05, 3.63) is 66.6 Å². The van der Waals surface area contributed by atoms with Gasteiger partial charge in [-0.1, -0.05) is 42.3 Å². The molecule has 0 radical (unpaired) electrons. The van der Waals surface area contributed by atoms with Gasteiger partial charge < -0.3 is 4.42 Å². The van der Waals surface area contributed by atoms with E-state index in [0.717, 1.165) is 0 Å². The van der Waals surface area contributed by atoms with Gasteiger partial charge in [0.15, 0.2) is 5.58 Å². The average molecular weight is 252 g/mol. The van der Waals surface area contributed by atoms with Gasteiger partial charge in [-0.15, -0.1) is 0 Å². The van der Waals surface area contributed by atoms with E-state index >= 15 is 0 Å². The molecule has 2 nitrogen and oxygen atoms in total. The normalized spacial score (nSPS) is 16.3. The van der Waals surface area contributed by atoms with Crippen molar-refractivity contribution in [2.75, 3.05) is 0 Å². The molecular weight excluding hydrogens is 234 g/mol. The number of oxazole rings is 1. The van der Waals surface area contributed by atoms with E-state index in [4.69, 9.17) is 14.0 Å². The van der Waals surface area contributed by atoms with Crippen LogP contribution < -0.4 is 0 Å². The maximum absolute atomic E-state index is 8.44. The van der Waals surface area contributed by atoms with Crippen molar-refractivity contribution in [1.29, 1.82) is 0 Å². The topological polar surface area (TPSA) is 26.0 Å². The highest BCUT2D eigenvalue weighted by Crippen LogP contribution is 2.26. The Morgan fingerprint density at radius 1 is 0.947 bits per heavy atom. The zero-order valence-electron chi connectivity index (χ0n) is 16.7. The van der Waals surface area contributed by atoms with Crippen molar-refractivity contribution < 1.29 is 14.0 Å². The molecule has 0 aliphatic carbocycles. The Hall–Kier alpha value is -2.61. The molecule has 1 heterocycles. The summed E-state index contributed by atoms with van der Waals surface area (Å²) in [6, 6.07) is 4.03. The first-order valence-electron chi connectivity index (χ1n) is 9.18. The lowest BCUT2D eigenvalue weighted by Gasteiger charge is -1.99. The van der Waals surface area contributed by atoms with Gasteiger partial charge in [-0.25, -0.2) is 4.98 Å². The van der Waals surface area contributed by atoms with Crippen LogP contribution in [-0.2, 0) is 0 Å². The fourth-order valence-electron chi connectivity index (χ4n) is 1.87. The number of hydrogen-bond acceptors (Lipinski definition) is 2. The van der Waals surface area contributed by atoms with Crippen LogP contribution in [0.15, 0.2) is 71.0 Å². The summed E-state index contributed by atoms with van der Waals surface area (Å²) in [5.74, 6) is -0.0241. The molecule has 0 fully saturated rings. The van der Waals surface area contributed by atoms with Crippen LogP contribution in [0.4, 0.5) is 0 Å². The fourth-order valence-corrected chi connectivity index (χ4v) is 1.87. The largest absolute Gasteiger partial charge is 0.436 e. The Kier molecular flexibility index (Phi) is 1.16. The molecule has 90 valence electrons. The van der Waals surface area contributed by atoms with Gasteiger partial charge in [0.1, 0.15) is 5.52 Å². The van der Waals surface area contributed by atoms with Crippen LogP contribution in [0.5, 0.6) is 0 Å². The molecule has 0 bridgehead atoms. The first-order valence-corrected chi connectivity index (χ1v) is 5.68. The monoisotopic (exact) mass is 252 g/mol. The molecular formula is C17H11NO. The van der Waals surface area contributed by atoms with Crippen LogP contribution in [0, 0.1) is 0 Å². The first kappa shape index (κ1) is 5.57. The second-order valence-corrected chi connectivity index (χ2v) is 3.99. The number of nitrogens with zero attached hydrogens (tertiary/aromatic N) is 1. The maximum Gasteiger partial charge on any atom is 0.227 e. The number of rotatable bonds is 1. The fraction of sp³-hybridized carbons (Fsp3) is 0. The molecule has 0 saturated carbocycles. The quantitative estimate of drug-likeness (QED) is 0.493. The van der Waals surface area contributed by atoms with Gasteiger partial charge in [-0.05, 0) is 35.0 Å². The van der Waals surface area contributed by atoms with E-state index in [1.165, 1.54) is 0 Å². The Labute approximate surface area is 120 Å². The highest BCUT2D eigenvalue weighted by Gasteiger charge is 2.07. The summed E-state index contributed by atoms with van der Waals surface area (Å²) in [6.45, 7) is 0. The summed E-state index contributed by atoms with van der Waals surface area (Å²) in [6.07, 6.45) is 0. The zero-order chi connectivity index (χ0) is 18.7. The van der Waals surface area contributed by atoms with Crippen molar-refractivity contribution in [3.63, 3.8) is 0 Å². The molecule has 0 aliphatic rings. The van der Waals surface area contributed by atoms with E-state index in [-0.39, 0.29) is 40.4 Å². The lowest BCUT2D eigenvalue weighted by Crippen LogP contribution is -1.78. The summed E-state index contributed by atoms with van der Waals surface area (Å²) >= 11 is 0. The lowest BCUT2D eigenvalue weighted by molar-refractivity contribution is 0.620. The Morgan fingerprint density at radius 2 is 1.79 bits per heavy atom. The van der Waals surface area contributed by atoms with E-state index in [2.05, 4.69) is 4.98 Å². The highest BCUT2D eigenvalue weighted by molar-refractivity contribution is 5.87. The summed E-state index contributed by atoms with van der Waals surface area (Å²) in [4.78, 5) is 4.26. The molecule has 2 heteroatoms. The number of fused-ring (bicyclic) bond motifs is 2. The van der Waals surface area contributed by atoms with Crippen LogP contribution >= 0.6 is 0 Å². The van der Waals surface area contributed by atoms with Crippen molar-refractivity contribution >= 4 is 21.9 Å². The van der Waals surface area contributed by atoms with Gasteiger partial charge in [0.25, 0.3) is 0 Å². The molecule has 0 N–H and O–H groups in total. The molecule has 0 atom stereocenters. The van der Waals surface area contributed by atoms with Crippen molar-refractivity contribution in [1.82, 2.24) is 4.98 Å². The van der Waals surface area contributed by atoms with Crippen molar-refractivity contribution in [2.24, 2.45) is 0 Å². The molecule has 4 aromatic rings. The smallest absolute Gasteiger partial charge is 0.227 e. The molecule has 0 aliphatic heterocycles. The highest BCUT2D eigenvalue weighted by atomic mass is 16.3. The van der Waals surface area contributed by atoms with Gasteiger partial charge in [-0.2, -0.15) is 0 Å². The van der Waals surface area contributed by atoms with Crippen LogP contribution in [-0.4, -0.2) is 4.98 Å². The van der Waals surface area contributed by atoms with Crippen LogP contribution in [0.3, 0.4) is 0 Å². The molecule has 3 aromatic carbocycles. The molecule has 1 aromatic heterocycles. The SMILES string of the molecule is [2H]c1c([2H])c([2H])c2c([2H])c(-c3nc4ccccc4o3)c([2H])c([2H])c2c1[2H]. The standard InChI is InChI=1S/C17H11NO/c1-2-6-13-11-14(10-9-12(13)5-1)17-18-15-7-3-4-8-16(15)19-17/h1-11H/i1D,2D,5D,6D,9D,10D,11D. The molecule has 0 saturated heterocycles. The second kappa shape index (κ2) is 3.95. The van der Waals surface area contributed by atoms with E-state index in [0.29, 0.717) is 11.1 Å². The van der Waals surface area contributed by atoms with E-state index in [9.17, 15) is 0 Å². The number of para-hydroxylation sites is 2. The minimum absolute atomic E-state index is 0.0241. The van der Waals surface area contributed by atoms with Gasteiger partial charge >= 0.3 is 0 Å². The van der Waals surface area contributed by atoms with Crippen molar-refractivity contribution in [3.8, 4) is 11.5 Å². The summed E-state index contributed by atoms with van der Waals surface area (Å²) in [5.41, 5.74) is 0.925. The van der Waals surface area contributed by atoms with Crippen LogP contribution in [0.1, 0.15) is 9.60 Å². The second-order valence-electron chi connectivity index (χ2n) is 3.99. The Balaban J connectivity index is 2.18. The third-order valence-electron chi connectivity index (χ3n) is 2.76. The van der Waals surface area contributed by atoms with Gasteiger partial charge in [-0.3, -0.25) is 0 Å². The number of benzene rings is 3. The van der Waals surface area contributed by atoms with Crippen LogP contribution in [0.25, 0.3) is 33.3 Å². The Morgan fingerprint density at radius 3 is 2.68 bits per heavy atom. The van der Waals surface area contributed by atoms with E-state index in [1.54, 1.807) is 24.3 Å².